The van der Waals surface area contributed by atoms with E-state index in [1.54, 1.807) is 0 Å². The molecule has 1 N–H and O–H groups in total. The number of aromatic nitrogens is 2. The second-order valence-corrected chi connectivity index (χ2v) is 8.00. The van der Waals surface area contributed by atoms with Crippen molar-refractivity contribution in [2.45, 2.75) is 45.4 Å². The van der Waals surface area contributed by atoms with Gasteiger partial charge in [0.15, 0.2) is 6.61 Å². The first-order valence-electron chi connectivity index (χ1n) is 10.2. The molecule has 0 aliphatic carbocycles. The van der Waals surface area contributed by atoms with E-state index in [0.29, 0.717) is 23.2 Å². The molecule has 28 heavy (non-hydrogen) atoms. The molecule has 0 radical (unpaired) electrons. The van der Waals surface area contributed by atoms with E-state index < -0.39 is 0 Å². The van der Waals surface area contributed by atoms with E-state index in [1.165, 1.54) is 6.42 Å². The number of benzene rings is 1. The van der Waals surface area contributed by atoms with Gasteiger partial charge in [0, 0.05) is 37.3 Å². The normalized spacial score (nSPS) is 17.1. The van der Waals surface area contributed by atoms with Crippen LogP contribution in [0.15, 0.2) is 22.6 Å². The van der Waals surface area contributed by atoms with Crippen molar-refractivity contribution in [3.63, 3.8) is 0 Å². The summed E-state index contributed by atoms with van der Waals surface area (Å²) in [7, 11) is 0. The Morgan fingerprint density at radius 1 is 1.25 bits per heavy atom. The maximum atomic E-state index is 11.6. The van der Waals surface area contributed by atoms with Gasteiger partial charge in [-0.05, 0) is 43.7 Å². The maximum Gasteiger partial charge on any atom is 0.318 e. The minimum absolute atomic E-state index is 0.0638. The van der Waals surface area contributed by atoms with E-state index in [0.717, 1.165) is 50.5 Å². The summed E-state index contributed by atoms with van der Waals surface area (Å²) in [6.07, 6.45) is 4.66. The molecule has 0 unspecified atom stereocenters. The van der Waals surface area contributed by atoms with Crippen LogP contribution in [0, 0.1) is 5.92 Å². The third-order valence-corrected chi connectivity index (χ3v) is 5.57. The fourth-order valence-electron chi connectivity index (χ4n) is 3.83. The number of ketones is 1. The molecule has 4 rings (SSSR count). The van der Waals surface area contributed by atoms with Crippen LogP contribution in [0.5, 0.6) is 5.75 Å². The van der Waals surface area contributed by atoms with Crippen LogP contribution in [-0.2, 0) is 0 Å². The van der Waals surface area contributed by atoms with Crippen LogP contribution in [0.1, 0.15) is 61.7 Å². The van der Waals surface area contributed by atoms with E-state index in [4.69, 9.17) is 9.15 Å². The highest BCUT2D eigenvalue weighted by Crippen LogP contribution is 2.29. The van der Waals surface area contributed by atoms with Crippen molar-refractivity contribution in [2.75, 3.05) is 36.5 Å². The minimum Gasteiger partial charge on any atom is -0.485 e. The van der Waals surface area contributed by atoms with Crippen LogP contribution < -0.4 is 15.0 Å². The average Bonchev–Trinajstić information content (AvgIpc) is 3.33. The van der Waals surface area contributed by atoms with Gasteiger partial charge in [0.1, 0.15) is 5.75 Å². The molecule has 0 bridgehead atoms. The lowest BCUT2D eigenvalue weighted by atomic mass is 9.92. The molecule has 1 fully saturated rings. The summed E-state index contributed by atoms with van der Waals surface area (Å²) < 4.78 is 11.2. The Morgan fingerprint density at radius 3 is 2.82 bits per heavy atom. The number of nitrogens with zero attached hydrogens (tertiary/aromatic N) is 3. The Balaban J connectivity index is 1.17. The number of Topliss-reactive ketones (excluding diaryl/α,β-unsaturated/α-hetero) is 1. The zero-order valence-corrected chi connectivity index (χ0v) is 16.6. The van der Waals surface area contributed by atoms with Crippen molar-refractivity contribution in [3.8, 4) is 5.75 Å². The van der Waals surface area contributed by atoms with Gasteiger partial charge in [-0.25, -0.2) is 0 Å². The Kier molecular flexibility index (Phi) is 5.50. The number of carbonyl (C=O) groups is 1. The molecule has 0 amide bonds. The Morgan fingerprint density at radius 2 is 2.07 bits per heavy atom. The van der Waals surface area contributed by atoms with Gasteiger partial charge in [-0.15, -0.1) is 5.10 Å². The maximum absolute atomic E-state index is 11.6. The lowest BCUT2D eigenvalue weighted by Crippen LogP contribution is -2.34. The van der Waals surface area contributed by atoms with Gasteiger partial charge < -0.3 is 19.4 Å². The molecule has 3 heterocycles. The van der Waals surface area contributed by atoms with Crippen LogP contribution in [0.4, 0.5) is 11.7 Å². The van der Waals surface area contributed by atoms with Gasteiger partial charge in [-0.1, -0.05) is 18.9 Å². The molecule has 1 aromatic carbocycles. The number of nitrogens with one attached hydrogen (secondary N) is 1. The standard InChI is InChI=1S/C21H28N4O3/c1-14(2)20-23-24-21(28-20)25-10-7-15(8-11-25)4-3-9-22-16-5-6-17-18(26)13-27-19(17)12-16/h5-6,12,14-15,22H,3-4,7-11,13H2,1-2H3. The van der Waals surface area contributed by atoms with E-state index in [-0.39, 0.29) is 18.3 Å². The highest BCUT2D eigenvalue weighted by atomic mass is 16.5. The van der Waals surface area contributed by atoms with Crippen molar-refractivity contribution < 1.29 is 13.9 Å². The van der Waals surface area contributed by atoms with Crippen LogP contribution in [0.3, 0.4) is 0 Å². The van der Waals surface area contributed by atoms with Gasteiger partial charge >= 0.3 is 6.01 Å². The molecular weight excluding hydrogens is 356 g/mol. The summed E-state index contributed by atoms with van der Waals surface area (Å²) in [6, 6.07) is 6.40. The number of piperidine rings is 1. The first-order chi connectivity index (χ1) is 13.6. The van der Waals surface area contributed by atoms with Crippen molar-refractivity contribution in [3.05, 3.63) is 29.7 Å². The molecular formula is C21H28N4O3. The smallest absolute Gasteiger partial charge is 0.318 e. The van der Waals surface area contributed by atoms with Crippen LogP contribution in [-0.4, -0.2) is 42.2 Å². The zero-order chi connectivity index (χ0) is 19.5. The number of hydrogen-bond donors (Lipinski definition) is 1. The van der Waals surface area contributed by atoms with Crippen LogP contribution in [0.2, 0.25) is 0 Å². The Labute approximate surface area is 165 Å². The lowest BCUT2D eigenvalue weighted by Gasteiger charge is -2.30. The third-order valence-electron chi connectivity index (χ3n) is 5.57. The largest absolute Gasteiger partial charge is 0.485 e. The van der Waals surface area contributed by atoms with E-state index >= 15 is 0 Å². The minimum atomic E-state index is 0.0638. The average molecular weight is 384 g/mol. The van der Waals surface area contributed by atoms with E-state index in [1.807, 2.05) is 18.2 Å². The second-order valence-electron chi connectivity index (χ2n) is 8.00. The topological polar surface area (TPSA) is 80.5 Å². The number of carbonyl (C=O) groups excluding carboxylic acids is 1. The molecule has 7 nitrogen and oxygen atoms in total. The predicted octanol–water partition coefficient (Wildman–Crippen LogP) is 3.88. The zero-order valence-electron chi connectivity index (χ0n) is 16.6. The van der Waals surface area contributed by atoms with Crippen molar-refractivity contribution in [1.82, 2.24) is 10.2 Å². The van der Waals surface area contributed by atoms with Gasteiger partial charge in [0.25, 0.3) is 0 Å². The van der Waals surface area contributed by atoms with Crippen molar-refractivity contribution >= 4 is 17.5 Å². The molecule has 150 valence electrons. The molecule has 2 aliphatic rings. The molecule has 2 aliphatic heterocycles. The van der Waals surface area contributed by atoms with Gasteiger partial charge in [-0.2, -0.15) is 0 Å². The summed E-state index contributed by atoms with van der Waals surface area (Å²) in [4.78, 5) is 13.8. The highest BCUT2D eigenvalue weighted by molar-refractivity contribution is 6.02. The van der Waals surface area contributed by atoms with Gasteiger partial charge in [0.2, 0.25) is 11.7 Å². The highest BCUT2D eigenvalue weighted by Gasteiger charge is 2.23. The summed E-state index contributed by atoms with van der Waals surface area (Å²) in [5.74, 6) is 2.48. The number of anilines is 2. The molecule has 0 spiro atoms. The summed E-state index contributed by atoms with van der Waals surface area (Å²) >= 11 is 0. The number of hydrogen-bond acceptors (Lipinski definition) is 7. The number of ether oxygens (including phenoxy) is 1. The van der Waals surface area contributed by atoms with Crippen LogP contribution >= 0.6 is 0 Å². The third kappa shape index (κ3) is 4.13. The first kappa shape index (κ1) is 18.8. The summed E-state index contributed by atoms with van der Waals surface area (Å²) in [6.45, 7) is 7.18. The molecule has 1 saturated heterocycles. The van der Waals surface area contributed by atoms with Gasteiger partial charge in [0.05, 0.1) is 5.56 Å². The Hall–Kier alpha value is -2.57. The molecule has 1 aromatic heterocycles. The Bertz CT molecular complexity index is 825. The fraction of sp³-hybridized carbons (Fsp3) is 0.571. The second kappa shape index (κ2) is 8.20. The monoisotopic (exact) mass is 384 g/mol. The quantitative estimate of drug-likeness (QED) is 0.726. The van der Waals surface area contributed by atoms with E-state index in [9.17, 15) is 4.79 Å². The van der Waals surface area contributed by atoms with Crippen molar-refractivity contribution in [2.24, 2.45) is 5.92 Å². The summed E-state index contributed by atoms with van der Waals surface area (Å²) in [5.41, 5.74) is 1.71. The van der Waals surface area contributed by atoms with Crippen molar-refractivity contribution in [1.29, 1.82) is 0 Å². The molecule has 7 heteroatoms. The molecule has 2 aromatic rings. The number of fused-ring (bicyclic) bond motifs is 1. The van der Waals surface area contributed by atoms with Gasteiger partial charge in [-0.3, -0.25) is 4.79 Å². The summed E-state index contributed by atoms with van der Waals surface area (Å²) in [5, 5.41) is 11.8. The SMILES string of the molecule is CC(C)c1nnc(N2CCC(CCCNc3ccc4c(c3)OCC4=O)CC2)o1. The molecule has 0 atom stereocenters. The van der Waals surface area contributed by atoms with Crippen LogP contribution in [0.25, 0.3) is 0 Å². The lowest BCUT2D eigenvalue weighted by molar-refractivity contribution is 0.0961. The first-order valence-corrected chi connectivity index (χ1v) is 10.2. The fourth-order valence-corrected chi connectivity index (χ4v) is 3.83. The predicted molar refractivity (Wildman–Crippen MR) is 107 cm³/mol. The van der Waals surface area contributed by atoms with E-state index in [2.05, 4.69) is 34.3 Å². The molecule has 0 saturated carbocycles. The number of rotatable bonds is 7.